The lowest BCUT2D eigenvalue weighted by Gasteiger charge is -2.54. The molecule has 9 heteroatoms. The highest BCUT2D eigenvalue weighted by molar-refractivity contribution is 5.97. The first-order valence-corrected chi connectivity index (χ1v) is 11.2. The third-order valence-electron chi connectivity index (χ3n) is 6.81. The number of ether oxygens (including phenoxy) is 1. The Morgan fingerprint density at radius 1 is 1.21 bits per heavy atom. The van der Waals surface area contributed by atoms with E-state index >= 15 is 4.39 Å². The molecule has 8 nitrogen and oxygen atoms in total. The van der Waals surface area contributed by atoms with Gasteiger partial charge in [-0.15, -0.1) is 0 Å². The monoisotopic (exact) mass is 448 g/mol. The number of fused-ring (bicyclic) bond motifs is 5. The Kier molecular flexibility index (Phi) is 4.69. The predicted molar refractivity (Wildman–Crippen MR) is 125 cm³/mol. The van der Waals surface area contributed by atoms with E-state index in [0.29, 0.717) is 43.1 Å². The smallest absolute Gasteiger partial charge is 0.206 e. The van der Waals surface area contributed by atoms with E-state index in [9.17, 15) is 0 Å². The Morgan fingerprint density at radius 2 is 2.00 bits per heavy atom. The zero-order valence-electron chi connectivity index (χ0n) is 18.5. The molecule has 5 heterocycles. The van der Waals surface area contributed by atoms with Gasteiger partial charge in [0.1, 0.15) is 6.67 Å². The topological polar surface area (TPSA) is 88.1 Å². The van der Waals surface area contributed by atoms with Crippen molar-refractivity contribution in [1.82, 2.24) is 10.1 Å². The van der Waals surface area contributed by atoms with Crippen molar-refractivity contribution in [3.63, 3.8) is 0 Å². The minimum absolute atomic E-state index is 0.0286. The molecule has 1 spiro atoms. The van der Waals surface area contributed by atoms with Crippen LogP contribution < -0.4 is 10.2 Å². The lowest BCUT2D eigenvalue weighted by molar-refractivity contribution is -0.0432. The van der Waals surface area contributed by atoms with Gasteiger partial charge in [-0.1, -0.05) is 5.16 Å². The average molecular weight is 449 g/mol. The van der Waals surface area contributed by atoms with Crippen molar-refractivity contribution in [3.8, 4) is 0 Å². The van der Waals surface area contributed by atoms with Crippen LogP contribution in [0.2, 0.25) is 0 Å². The van der Waals surface area contributed by atoms with Crippen LogP contribution in [0.3, 0.4) is 0 Å². The van der Waals surface area contributed by atoms with Gasteiger partial charge in [-0.3, -0.25) is 15.0 Å². The molecule has 0 saturated carbocycles. The predicted octanol–water partition coefficient (Wildman–Crippen LogP) is 3.61. The fraction of sp³-hybridized carbons (Fsp3) is 0.417. The summed E-state index contributed by atoms with van der Waals surface area (Å²) in [4.78, 5) is 15.1. The molecule has 2 aromatic heterocycles. The van der Waals surface area contributed by atoms with Crippen LogP contribution in [0.4, 0.5) is 15.9 Å². The number of rotatable bonds is 3. The summed E-state index contributed by atoms with van der Waals surface area (Å²) in [7, 11) is 0. The van der Waals surface area contributed by atoms with E-state index in [-0.39, 0.29) is 29.7 Å². The van der Waals surface area contributed by atoms with Gasteiger partial charge in [-0.25, -0.2) is 4.39 Å². The molecule has 0 amide bonds. The van der Waals surface area contributed by atoms with Crippen LogP contribution in [0.15, 0.2) is 45.1 Å². The number of anilines is 2. The molecule has 0 radical (unpaired) electrons. The highest BCUT2D eigenvalue weighted by atomic mass is 19.1. The molecule has 3 atom stereocenters. The molecule has 6 rings (SSSR count). The molecule has 0 bridgehead atoms. The minimum atomic E-state index is -0.452. The summed E-state index contributed by atoms with van der Waals surface area (Å²) in [6, 6.07) is 5.74. The van der Waals surface area contributed by atoms with Gasteiger partial charge in [-0.2, -0.15) is 0 Å². The van der Waals surface area contributed by atoms with E-state index in [4.69, 9.17) is 9.26 Å². The maximum atomic E-state index is 16.0. The molecule has 1 N–H and O–H groups in total. The van der Waals surface area contributed by atoms with Crippen molar-refractivity contribution in [2.75, 3.05) is 23.4 Å². The van der Waals surface area contributed by atoms with E-state index in [2.05, 4.69) is 30.3 Å². The highest BCUT2D eigenvalue weighted by Gasteiger charge is 2.52. The summed E-state index contributed by atoms with van der Waals surface area (Å²) >= 11 is 0. The van der Waals surface area contributed by atoms with Gasteiger partial charge < -0.3 is 19.5 Å². The largest absolute Gasteiger partial charge is 0.372 e. The molecule has 0 unspecified atom stereocenters. The SMILES string of the molecule is C[C@H]1CN2c3c(cc4c(NCc5ccncc5)noc4c3F)CC3(C=NCN=C3)[C@@H]2[C@@H](C)O1. The van der Waals surface area contributed by atoms with Crippen molar-refractivity contribution in [2.45, 2.75) is 45.1 Å². The second kappa shape index (κ2) is 7.62. The highest BCUT2D eigenvalue weighted by Crippen LogP contribution is 2.47. The zero-order valence-corrected chi connectivity index (χ0v) is 18.5. The number of aliphatic imine (C=N–C) groups is 2. The van der Waals surface area contributed by atoms with E-state index < -0.39 is 5.41 Å². The van der Waals surface area contributed by atoms with Crippen LogP contribution in [0, 0.1) is 11.2 Å². The Morgan fingerprint density at radius 3 is 2.79 bits per heavy atom. The zero-order chi connectivity index (χ0) is 22.6. The number of nitrogens with zero attached hydrogens (tertiary/aromatic N) is 5. The Bertz CT molecular complexity index is 1240. The van der Waals surface area contributed by atoms with Crippen LogP contribution in [0.5, 0.6) is 0 Å². The Labute approximate surface area is 190 Å². The number of halogens is 1. The first-order chi connectivity index (χ1) is 16.1. The molecule has 3 aliphatic heterocycles. The van der Waals surface area contributed by atoms with Crippen LogP contribution in [0.25, 0.3) is 11.0 Å². The number of benzene rings is 1. The van der Waals surface area contributed by atoms with E-state index in [1.807, 2.05) is 44.5 Å². The molecule has 1 saturated heterocycles. The summed E-state index contributed by atoms with van der Waals surface area (Å²) in [5, 5.41) is 8.05. The molecular weight excluding hydrogens is 423 g/mol. The second-order valence-corrected chi connectivity index (χ2v) is 9.12. The van der Waals surface area contributed by atoms with Gasteiger partial charge in [0, 0.05) is 37.9 Å². The molecule has 1 aromatic carbocycles. The number of aromatic nitrogens is 2. The summed E-state index contributed by atoms with van der Waals surface area (Å²) < 4.78 is 27.6. The third-order valence-corrected chi connectivity index (χ3v) is 6.81. The fourth-order valence-corrected chi connectivity index (χ4v) is 5.61. The first kappa shape index (κ1) is 20.3. The van der Waals surface area contributed by atoms with Gasteiger partial charge >= 0.3 is 0 Å². The number of morpholine rings is 1. The average Bonchev–Trinajstić information content (AvgIpc) is 3.21. The van der Waals surface area contributed by atoms with Crippen molar-refractivity contribution in [1.29, 1.82) is 0 Å². The van der Waals surface area contributed by atoms with Crippen molar-refractivity contribution >= 4 is 34.9 Å². The van der Waals surface area contributed by atoms with Gasteiger partial charge in [0.2, 0.25) is 5.58 Å². The van der Waals surface area contributed by atoms with Gasteiger partial charge in [0.05, 0.1) is 34.7 Å². The second-order valence-electron chi connectivity index (χ2n) is 9.12. The normalized spacial score (nSPS) is 25.3. The summed E-state index contributed by atoms with van der Waals surface area (Å²) in [6.07, 6.45) is 7.88. The maximum Gasteiger partial charge on any atom is 0.206 e. The van der Waals surface area contributed by atoms with Crippen molar-refractivity contribution in [3.05, 3.63) is 47.5 Å². The number of pyridine rings is 1. The van der Waals surface area contributed by atoms with Crippen LogP contribution >= 0.6 is 0 Å². The van der Waals surface area contributed by atoms with Crippen molar-refractivity contribution in [2.24, 2.45) is 15.4 Å². The minimum Gasteiger partial charge on any atom is -0.372 e. The number of hydrogen-bond donors (Lipinski definition) is 1. The molecule has 170 valence electrons. The van der Waals surface area contributed by atoms with Crippen LogP contribution in [-0.2, 0) is 17.7 Å². The first-order valence-electron chi connectivity index (χ1n) is 11.2. The number of hydrogen-bond acceptors (Lipinski definition) is 8. The molecule has 33 heavy (non-hydrogen) atoms. The van der Waals surface area contributed by atoms with Crippen LogP contribution in [0.1, 0.15) is 25.0 Å². The maximum absolute atomic E-state index is 16.0. The molecule has 3 aliphatic rings. The summed E-state index contributed by atoms with van der Waals surface area (Å²) in [5.74, 6) is 0.146. The van der Waals surface area contributed by atoms with Gasteiger partial charge in [-0.05, 0) is 49.6 Å². The van der Waals surface area contributed by atoms with Gasteiger partial charge in [0.25, 0.3) is 0 Å². The van der Waals surface area contributed by atoms with E-state index in [1.165, 1.54) is 0 Å². The Balaban J connectivity index is 1.45. The number of nitrogens with one attached hydrogen (secondary N) is 1. The lowest BCUT2D eigenvalue weighted by atomic mass is 9.69. The molecule has 1 fully saturated rings. The summed E-state index contributed by atoms with van der Waals surface area (Å²) in [5.41, 5.74) is 2.23. The molecule has 0 aliphatic carbocycles. The summed E-state index contributed by atoms with van der Waals surface area (Å²) in [6.45, 7) is 5.60. The van der Waals surface area contributed by atoms with Gasteiger partial charge in [0.15, 0.2) is 11.6 Å². The van der Waals surface area contributed by atoms with Crippen molar-refractivity contribution < 1.29 is 13.7 Å². The fourth-order valence-electron chi connectivity index (χ4n) is 5.61. The van der Waals surface area contributed by atoms with E-state index in [0.717, 1.165) is 11.1 Å². The lowest BCUT2D eigenvalue weighted by Crippen LogP contribution is -2.65. The molecule has 3 aromatic rings. The quantitative estimate of drug-likeness (QED) is 0.659. The van der Waals surface area contributed by atoms with E-state index in [1.54, 1.807) is 12.4 Å². The Hall–Kier alpha value is -3.33. The molecular formula is C24H25FN6O2. The van der Waals surface area contributed by atoms with Crippen LogP contribution in [-0.4, -0.2) is 54.0 Å². The standard InChI is InChI=1S/C24H25FN6O2/c1-14-10-31-20-17(8-24(11-27-13-28-12-24)22(31)15(2)32-14)7-18-21(19(20)25)33-30-23(18)29-9-16-3-5-26-6-4-16/h3-7,11-12,14-15,22H,8-10,13H2,1-2H3,(H,29,30)/t14-,15+,22-/m0/s1. The third kappa shape index (κ3) is 3.21.